The maximum atomic E-state index is 5.83. The molecule has 100 valence electrons. The van der Waals surface area contributed by atoms with Gasteiger partial charge in [0.05, 0.1) is 11.4 Å². The molecule has 4 heteroatoms. The number of nitrogens with zero attached hydrogens (tertiary/aromatic N) is 1. The number of aromatic nitrogens is 2. The van der Waals surface area contributed by atoms with Crippen molar-refractivity contribution in [3.05, 3.63) is 60.9 Å². The summed E-state index contributed by atoms with van der Waals surface area (Å²) in [6.45, 7) is 0. The van der Waals surface area contributed by atoms with E-state index in [1.54, 1.807) is 6.20 Å². The van der Waals surface area contributed by atoms with Crippen LogP contribution in [-0.2, 0) is 0 Å². The summed E-state index contributed by atoms with van der Waals surface area (Å²) in [4.78, 5) is 7.46. The second-order valence-electron chi connectivity index (χ2n) is 4.34. The minimum atomic E-state index is 0.766. The SMILES string of the molecule is CNc1ccc(Oc2ccnc(-c3ccc[nH]3)c2)cc1. The molecule has 2 heterocycles. The van der Waals surface area contributed by atoms with E-state index in [9.17, 15) is 0 Å². The fourth-order valence-corrected chi connectivity index (χ4v) is 1.94. The molecule has 0 atom stereocenters. The summed E-state index contributed by atoms with van der Waals surface area (Å²) in [5, 5.41) is 3.08. The van der Waals surface area contributed by atoms with E-state index < -0.39 is 0 Å². The van der Waals surface area contributed by atoms with Crippen molar-refractivity contribution in [1.82, 2.24) is 9.97 Å². The Kier molecular flexibility index (Phi) is 3.37. The van der Waals surface area contributed by atoms with Crippen LogP contribution in [-0.4, -0.2) is 17.0 Å². The van der Waals surface area contributed by atoms with E-state index in [1.165, 1.54) is 0 Å². The molecule has 0 aliphatic carbocycles. The summed E-state index contributed by atoms with van der Waals surface area (Å²) in [6, 6.07) is 15.5. The van der Waals surface area contributed by atoms with Gasteiger partial charge in [0.1, 0.15) is 11.5 Å². The van der Waals surface area contributed by atoms with Crippen molar-refractivity contribution in [2.24, 2.45) is 0 Å². The second-order valence-corrected chi connectivity index (χ2v) is 4.34. The third-order valence-corrected chi connectivity index (χ3v) is 2.98. The molecule has 0 spiro atoms. The Morgan fingerprint density at radius 1 is 1.05 bits per heavy atom. The molecule has 0 saturated carbocycles. The van der Waals surface area contributed by atoms with E-state index in [4.69, 9.17) is 4.74 Å². The molecule has 20 heavy (non-hydrogen) atoms. The van der Waals surface area contributed by atoms with Gasteiger partial charge in [0.15, 0.2) is 0 Å². The highest BCUT2D eigenvalue weighted by atomic mass is 16.5. The maximum absolute atomic E-state index is 5.83. The molecule has 0 amide bonds. The summed E-state index contributed by atoms with van der Waals surface area (Å²) in [6.07, 6.45) is 3.62. The fourth-order valence-electron chi connectivity index (χ4n) is 1.94. The highest BCUT2D eigenvalue weighted by Gasteiger charge is 2.03. The first-order chi connectivity index (χ1) is 9.85. The van der Waals surface area contributed by atoms with Crippen LogP contribution in [0.1, 0.15) is 0 Å². The third-order valence-electron chi connectivity index (χ3n) is 2.98. The van der Waals surface area contributed by atoms with Gasteiger partial charge in [0, 0.05) is 31.2 Å². The van der Waals surface area contributed by atoms with Crippen molar-refractivity contribution in [3.63, 3.8) is 0 Å². The van der Waals surface area contributed by atoms with Crippen molar-refractivity contribution in [2.45, 2.75) is 0 Å². The highest BCUT2D eigenvalue weighted by Crippen LogP contribution is 2.25. The molecule has 0 unspecified atom stereocenters. The average Bonchev–Trinajstić information content (AvgIpc) is 3.03. The Morgan fingerprint density at radius 2 is 1.90 bits per heavy atom. The van der Waals surface area contributed by atoms with Crippen molar-refractivity contribution < 1.29 is 4.74 Å². The van der Waals surface area contributed by atoms with E-state index >= 15 is 0 Å². The number of benzene rings is 1. The van der Waals surface area contributed by atoms with Crippen molar-refractivity contribution in [2.75, 3.05) is 12.4 Å². The second kappa shape index (κ2) is 5.48. The van der Waals surface area contributed by atoms with Crippen LogP contribution in [0.2, 0.25) is 0 Å². The van der Waals surface area contributed by atoms with Crippen LogP contribution in [0.25, 0.3) is 11.4 Å². The molecule has 3 aromatic rings. The third kappa shape index (κ3) is 2.64. The standard InChI is InChI=1S/C16H15N3O/c1-17-12-4-6-13(7-5-12)20-14-8-10-19-16(11-14)15-3-2-9-18-15/h2-11,17-18H,1H3. The van der Waals surface area contributed by atoms with Gasteiger partial charge in [-0.15, -0.1) is 0 Å². The molecule has 4 nitrogen and oxygen atoms in total. The zero-order valence-electron chi connectivity index (χ0n) is 11.1. The zero-order chi connectivity index (χ0) is 13.8. The lowest BCUT2D eigenvalue weighted by molar-refractivity contribution is 0.482. The predicted octanol–water partition coefficient (Wildman–Crippen LogP) is 3.91. The summed E-state index contributed by atoms with van der Waals surface area (Å²) >= 11 is 0. The van der Waals surface area contributed by atoms with Crippen LogP contribution in [0.3, 0.4) is 0 Å². The van der Waals surface area contributed by atoms with Gasteiger partial charge < -0.3 is 15.0 Å². The van der Waals surface area contributed by atoms with Crippen LogP contribution >= 0.6 is 0 Å². The number of anilines is 1. The van der Waals surface area contributed by atoms with Gasteiger partial charge in [-0.1, -0.05) is 0 Å². The van der Waals surface area contributed by atoms with E-state index in [1.807, 2.05) is 61.8 Å². The molecule has 0 bridgehead atoms. The first-order valence-corrected chi connectivity index (χ1v) is 6.40. The number of pyridine rings is 1. The van der Waals surface area contributed by atoms with E-state index in [0.717, 1.165) is 28.6 Å². The van der Waals surface area contributed by atoms with Crippen LogP contribution < -0.4 is 10.1 Å². The zero-order valence-corrected chi connectivity index (χ0v) is 11.1. The molecule has 0 saturated heterocycles. The summed E-state index contributed by atoms with van der Waals surface area (Å²) < 4.78 is 5.83. The highest BCUT2D eigenvalue weighted by molar-refractivity contribution is 5.56. The first kappa shape index (κ1) is 12.3. The van der Waals surface area contributed by atoms with Gasteiger partial charge in [-0.25, -0.2) is 0 Å². The van der Waals surface area contributed by atoms with Crippen molar-refractivity contribution in [3.8, 4) is 22.9 Å². The summed E-state index contributed by atoms with van der Waals surface area (Å²) in [7, 11) is 1.89. The molecule has 2 aromatic heterocycles. The first-order valence-electron chi connectivity index (χ1n) is 6.40. The topological polar surface area (TPSA) is 49.9 Å². The molecular formula is C16H15N3O. The molecule has 0 radical (unpaired) electrons. The van der Waals surface area contributed by atoms with Crippen molar-refractivity contribution >= 4 is 5.69 Å². The van der Waals surface area contributed by atoms with Crippen LogP contribution in [0.15, 0.2) is 60.9 Å². The fraction of sp³-hybridized carbons (Fsp3) is 0.0625. The monoisotopic (exact) mass is 265 g/mol. The number of ether oxygens (including phenoxy) is 1. The van der Waals surface area contributed by atoms with Gasteiger partial charge >= 0.3 is 0 Å². The number of nitrogens with one attached hydrogen (secondary N) is 2. The minimum Gasteiger partial charge on any atom is -0.457 e. The Labute approximate surface area is 117 Å². The largest absolute Gasteiger partial charge is 0.457 e. The Bertz CT molecular complexity index is 675. The van der Waals surface area contributed by atoms with Crippen LogP contribution in [0.4, 0.5) is 5.69 Å². The average molecular weight is 265 g/mol. The Hall–Kier alpha value is -2.75. The Balaban J connectivity index is 1.82. The number of rotatable bonds is 4. The number of aromatic amines is 1. The molecule has 1 aromatic carbocycles. The number of H-pyrrole nitrogens is 1. The predicted molar refractivity (Wildman–Crippen MR) is 80.1 cm³/mol. The quantitative estimate of drug-likeness (QED) is 0.752. The molecule has 0 aliphatic rings. The molecule has 3 rings (SSSR count). The molecule has 0 fully saturated rings. The molecule has 0 aliphatic heterocycles. The lowest BCUT2D eigenvalue weighted by Crippen LogP contribution is -1.89. The van der Waals surface area contributed by atoms with Gasteiger partial charge in [-0.2, -0.15) is 0 Å². The van der Waals surface area contributed by atoms with E-state index in [-0.39, 0.29) is 0 Å². The van der Waals surface area contributed by atoms with Crippen LogP contribution in [0.5, 0.6) is 11.5 Å². The number of hydrogen-bond donors (Lipinski definition) is 2. The smallest absolute Gasteiger partial charge is 0.131 e. The summed E-state index contributed by atoms with van der Waals surface area (Å²) in [5.74, 6) is 1.56. The molecule has 2 N–H and O–H groups in total. The minimum absolute atomic E-state index is 0.766. The summed E-state index contributed by atoms with van der Waals surface area (Å²) in [5.41, 5.74) is 2.89. The van der Waals surface area contributed by atoms with Crippen molar-refractivity contribution in [1.29, 1.82) is 0 Å². The van der Waals surface area contributed by atoms with Crippen LogP contribution in [0, 0.1) is 0 Å². The van der Waals surface area contributed by atoms with Gasteiger partial charge in [-0.05, 0) is 42.5 Å². The maximum Gasteiger partial charge on any atom is 0.131 e. The van der Waals surface area contributed by atoms with Gasteiger partial charge in [-0.3, -0.25) is 4.98 Å². The van der Waals surface area contributed by atoms with E-state index in [0.29, 0.717) is 0 Å². The van der Waals surface area contributed by atoms with E-state index in [2.05, 4.69) is 15.3 Å². The Morgan fingerprint density at radius 3 is 2.60 bits per heavy atom. The lowest BCUT2D eigenvalue weighted by Gasteiger charge is -2.07. The number of hydrogen-bond acceptors (Lipinski definition) is 3. The van der Waals surface area contributed by atoms with Gasteiger partial charge in [0.25, 0.3) is 0 Å². The normalized spacial score (nSPS) is 10.2. The lowest BCUT2D eigenvalue weighted by atomic mass is 10.2. The molecular weight excluding hydrogens is 250 g/mol. The van der Waals surface area contributed by atoms with Gasteiger partial charge in [0.2, 0.25) is 0 Å².